The van der Waals surface area contributed by atoms with Gasteiger partial charge in [-0.2, -0.15) is 11.8 Å². The first-order chi connectivity index (χ1) is 7.25. The molecule has 82 valence electrons. The molecule has 2 rings (SSSR count). The van der Waals surface area contributed by atoms with Crippen molar-refractivity contribution in [2.24, 2.45) is 0 Å². The van der Waals surface area contributed by atoms with Crippen molar-refractivity contribution in [2.75, 3.05) is 22.6 Å². The normalized spacial score (nSPS) is 17.7. The number of nitrogens with one attached hydrogen (secondary N) is 1. The van der Waals surface area contributed by atoms with Crippen LogP contribution >= 0.6 is 11.8 Å². The highest BCUT2D eigenvalue weighted by molar-refractivity contribution is 7.99. The molecule has 3 N–H and O–H groups in total. The highest BCUT2D eigenvalue weighted by atomic mass is 32.2. The van der Waals surface area contributed by atoms with E-state index in [1.54, 1.807) is 6.07 Å². The van der Waals surface area contributed by atoms with E-state index < -0.39 is 0 Å². The molecular formula is C11H15FN2S. The Kier molecular flexibility index (Phi) is 3.36. The van der Waals surface area contributed by atoms with Crippen LogP contribution in [0, 0.1) is 5.82 Å². The summed E-state index contributed by atoms with van der Waals surface area (Å²) in [6.45, 7) is 0. The summed E-state index contributed by atoms with van der Waals surface area (Å²) in [7, 11) is 0. The molecule has 0 radical (unpaired) electrons. The fraction of sp³-hybridized carbons (Fsp3) is 0.455. The fourth-order valence-corrected chi connectivity index (χ4v) is 2.83. The Morgan fingerprint density at radius 1 is 1.33 bits per heavy atom. The number of anilines is 2. The topological polar surface area (TPSA) is 38.0 Å². The van der Waals surface area contributed by atoms with E-state index in [0.717, 1.165) is 18.5 Å². The molecule has 1 heterocycles. The van der Waals surface area contributed by atoms with Gasteiger partial charge in [-0.1, -0.05) is 0 Å². The zero-order valence-corrected chi connectivity index (χ0v) is 9.32. The summed E-state index contributed by atoms with van der Waals surface area (Å²) in [5.74, 6) is 2.11. The van der Waals surface area contributed by atoms with Crippen LogP contribution in [0.3, 0.4) is 0 Å². The van der Waals surface area contributed by atoms with E-state index in [-0.39, 0.29) is 5.82 Å². The summed E-state index contributed by atoms with van der Waals surface area (Å²) in [6.07, 6.45) is 2.31. The van der Waals surface area contributed by atoms with Gasteiger partial charge in [0.05, 0.1) is 11.4 Å². The van der Waals surface area contributed by atoms with Gasteiger partial charge in [0.1, 0.15) is 5.82 Å². The number of hydrogen-bond acceptors (Lipinski definition) is 3. The largest absolute Gasteiger partial charge is 0.397 e. The summed E-state index contributed by atoms with van der Waals surface area (Å²) in [5.41, 5.74) is 7.08. The minimum atomic E-state index is -0.280. The molecule has 0 unspecified atom stereocenters. The van der Waals surface area contributed by atoms with E-state index >= 15 is 0 Å². The Morgan fingerprint density at radius 2 is 2.07 bits per heavy atom. The lowest BCUT2D eigenvalue weighted by atomic mass is 10.1. The van der Waals surface area contributed by atoms with Crippen LogP contribution in [0.1, 0.15) is 12.8 Å². The monoisotopic (exact) mass is 226 g/mol. The van der Waals surface area contributed by atoms with E-state index in [1.165, 1.54) is 23.6 Å². The molecule has 1 aromatic rings. The second kappa shape index (κ2) is 4.75. The Balaban J connectivity index is 2.03. The molecule has 0 aromatic heterocycles. The maximum atomic E-state index is 12.8. The molecule has 0 aliphatic carbocycles. The lowest BCUT2D eigenvalue weighted by Gasteiger charge is -2.24. The van der Waals surface area contributed by atoms with Gasteiger partial charge in [0.2, 0.25) is 0 Å². The summed E-state index contributed by atoms with van der Waals surface area (Å²) in [6, 6.07) is 5.00. The molecule has 1 aliphatic rings. The number of benzene rings is 1. The molecule has 1 fully saturated rings. The first kappa shape index (κ1) is 10.6. The average molecular weight is 226 g/mol. The van der Waals surface area contributed by atoms with Crippen LogP contribution in [0.25, 0.3) is 0 Å². The van der Waals surface area contributed by atoms with Gasteiger partial charge in [0, 0.05) is 6.04 Å². The van der Waals surface area contributed by atoms with Gasteiger partial charge in [0.15, 0.2) is 0 Å². The number of nitrogen functional groups attached to an aromatic ring is 1. The van der Waals surface area contributed by atoms with E-state index in [1.807, 2.05) is 11.8 Å². The minimum Gasteiger partial charge on any atom is -0.397 e. The number of thioether (sulfide) groups is 1. The van der Waals surface area contributed by atoms with Gasteiger partial charge in [-0.15, -0.1) is 0 Å². The molecule has 2 nitrogen and oxygen atoms in total. The van der Waals surface area contributed by atoms with Gasteiger partial charge < -0.3 is 11.1 Å². The summed E-state index contributed by atoms with van der Waals surface area (Å²) >= 11 is 1.98. The lowest BCUT2D eigenvalue weighted by Crippen LogP contribution is -2.24. The molecule has 1 saturated heterocycles. The summed E-state index contributed by atoms with van der Waals surface area (Å²) < 4.78 is 12.8. The molecule has 15 heavy (non-hydrogen) atoms. The molecule has 1 aliphatic heterocycles. The second-order valence-electron chi connectivity index (χ2n) is 3.76. The molecule has 1 aromatic carbocycles. The van der Waals surface area contributed by atoms with Gasteiger partial charge in [-0.25, -0.2) is 4.39 Å². The Morgan fingerprint density at radius 3 is 2.73 bits per heavy atom. The zero-order chi connectivity index (χ0) is 10.7. The van der Waals surface area contributed by atoms with Crippen LogP contribution in [-0.4, -0.2) is 17.5 Å². The number of hydrogen-bond donors (Lipinski definition) is 2. The van der Waals surface area contributed by atoms with Gasteiger partial charge in [-0.05, 0) is 42.5 Å². The fourth-order valence-electron chi connectivity index (χ4n) is 1.73. The van der Waals surface area contributed by atoms with Crippen LogP contribution in [0.15, 0.2) is 18.2 Å². The van der Waals surface area contributed by atoms with E-state index in [2.05, 4.69) is 5.32 Å². The predicted molar refractivity (Wildman–Crippen MR) is 64.8 cm³/mol. The molecule has 0 amide bonds. The summed E-state index contributed by atoms with van der Waals surface area (Å²) in [4.78, 5) is 0. The van der Waals surface area contributed by atoms with Crippen molar-refractivity contribution >= 4 is 23.1 Å². The highest BCUT2D eigenvalue weighted by Gasteiger charge is 2.14. The van der Waals surface area contributed by atoms with Crippen LogP contribution in [0.5, 0.6) is 0 Å². The average Bonchev–Trinajstić information content (AvgIpc) is 2.24. The third-order valence-corrected chi connectivity index (χ3v) is 3.64. The zero-order valence-electron chi connectivity index (χ0n) is 8.50. The van der Waals surface area contributed by atoms with Gasteiger partial charge >= 0.3 is 0 Å². The maximum absolute atomic E-state index is 12.8. The molecule has 0 spiro atoms. The molecule has 0 atom stereocenters. The first-order valence-corrected chi connectivity index (χ1v) is 6.30. The Labute approximate surface area is 93.4 Å². The molecular weight excluding hydrogens is 211 g/mol. The second-order valence-corrected chi connectivity index (χ2v) is 4.99. The number of halogens is 1. The van der Waals surface area contributed by atoms with E-state index in [4.69, 9.17) is 5.73 Å². The Hall–Kier alpha value is -0.900. The summed E-state index contributed by atoms with van der Waals surface area (Å²) in [5, 5.41) is 3.37. The molecule has 0 saturated carbocycles. The van der Waals surface area contributed by atoms with Crippen molar-refractivity contribution in [3.8, 4) is 0 Å². The van der Waals surface area contributed by atoms with Crippen LogP contribution < -0.4 is 11.1 Å². The molecule has 4 heteroatoms. The van der Waals surface area contributed by atoms with Gasteiger partial charge in [-0.3, -0.25) is 0 Å². The van der Waals surface area contributed by atoms with Crippen LogP contribution in [0.4, 0.5) is 15.8 Å². The van der Waals surface area contributed by atoms with E-state index in [0.29, 0.717) is 11.7 Å². The molecule has 0 bridgehead atoms. The first-order valence-electron chi connectivity index (χ1n) is 5.15. The lowest BCUT2D eigenvalue weighted by molar-refractivity contribution is 0.627. The maximum Gasteiger partial charge on any atom is 0.125 e. The SMILES string of the molecule is Nc1cc(F)ccc1NC1CCSCC1. The van der Waals surface area contributed by atoms with Crippen molar-refractivity contribution in [3.05, 3.63) is 24.0 Å². The third kappa shape index (κ3) is 2.78. The van der Waals surface area contributed by atoms with E-state index in [9.17, 15) is 4.39 Å². The predicted octanol–water partition coefficient (Wildman–Crippen LogP) is 2.72. The van der Waals surface area contributed by atoms with Crippen LogP contribution in [-0.2, 0) is 0 Å². The third-order valence-electron chi connectivity index (χ3n) is 2.59. The number of nitrogens with two attached hydrogens (primary N) is 1. The van der Waals surface area contributed by atoms with Crippen molar-refractivity contribution in [2.45, 2.75) is 18.9 Å². The Bertz CT molecular complexity index is 337. The van der Waals surface area contributed by atoms with Crippen molar-refractivity contribution in [1.82, 2.24) is 0 Å². The van der Waals surface area contributed by atoms with Crippen molar-refractivity contribution < 1.29 is 4.39 Å². The van der Waals surface area contributed by atoms with Crippen molar-refractivity contribution in [3.63, 3.8) is 0 Å². The van der Waals surface area contributed by atoms with Crippen LogP contribution in [0.2, 0.25) is 0 Å². The number of rotatable bonds is 2. The standard InChI is InChI=1S/C11H15FN2S/c12-8-1-2-11(10(13)7-8)14-9-3-5-15-6-4-9/h1-2,7,9,14H,3-6,13H2. The highest BCUT2D eigenvalue weighted by Crippen LogP contribution is 2.24. The smallest absolute Gasteiger partial charge is 0.125 e. The van der Waals surface area contributed by atoms with Crippen molar-refractivity contribution in [1.29, 1.82) is 0 Å². The quantitative estimate of drug-likeness (QED) is 0.761. The van der Waals surface area contributed by atoms with Gasteiger partial charge in [0.25, 0.3) is 0 Å². The minimum absolute atomic E-state index is 0.280.